The summed E-state index contributed by atoms with van der Waals surface area (Å²) >= 11 is 1.75. The largest absolute Gasteiger partial charge is 0.480 e. The minimum absolute atomic E-state index is 0.116. The molecule has 0 aromatic carbocycles. The Bertz CT molecular complexity index is 165. The molecule has 0 saturated heterocycles. The highest BCUT2D eigenvalue weighted by Gasteiger charge is 2.03. The highest BCUT2D eigenvalue weighted by Crippen LogP contribution is 2.00. The van der Waals surface area contributed by atoms with Crippen LogP contribution in [0.4, 0.5) is 0 Å². The van der Waals surface area contributed by atoms with Crippen molar-refractivity contribution in [2.45, 2.75) is 19.9 Å². The number of likely N-dealkylation sites (N-methyl/N-ethyl adjacent to an activating group) is 1. The first-order valence-electron chi connectivity index (χ1n) is 4.74. The Balaban J connectivity index is 3.23. The predicted octanol–water partition coefficient (Wildman–Crippen LogP) is 0.692. The van der Waals surface area contributed by atoms with Gasteiger partial charge in [0.25, 0.3) is 0 Å². The first kappa shape index (κ1) is 13.7. The molecule has 14 heavy (non-hydrogen) atoms. The topological polar surface area (TPSA) is 52.6 Å². The van der Waals surface area contributed by atoms with Gasteiger partial charge in [-0.25, -0.2) is 0 Å². The molecule has 0 rings (SSSR count). The van der Waals surface area contributed by atoms with Crippen molar-refractivity contribution in [1.29, 1.82) is 0 Å². The molecule has 0 amide bonds. The van der Waals surface area contributed by atoms with Crippen LogP contribution in [0.25, 0.3) is 0 Å². The van der Waals surface area contributed by atoms with Gasteiger partial charge in [0.2, 0.25) is 0 Å². The molecule has 0 aromatic rings. The van der Waals surface area contributed by atoms with Crippen LogP contribution in [0, 0.1) is 0 Å². The lowest BCUT2D eigenvalue weighted by atomic mass is 10.4. The molecule has 0 unspecified atom stereocenters. The van der Waals surface area contributed by atoms with Gasteiger partial charge in [-0.15, -0.1) is 11.8 Å². The maximum absolute atomic E-state index is 10.3. The van der Waals surface area contributed by atoms with Crippen molar-refractivity contribution < 1.29 is 9.90 Å². The number of carbonyl (C=O) groups is 1. The Morgan fingerprint density at radius 2 is 2.21 bits per heavy atom. The minimum atomic E-state index is -0.770. The molecule has 0 heterocycles. The molecule has 84 valence electrons. The average molecular weight is 220 g/mol. The summed E-state index contributed by atoms with van der Waals surface area (Å²) in [4.78, 5) is 12.1. The van der Waals surface area contributed by atoms with Gasteiger partial charge in [-0.2, -0.15) is 0 Å². The quantitative estimate of drug-likeness (QED) is 0.466. The third-order valence-electron chi connectivity index (χ3n) is 1.52. The van der Waals surface area contributed by atoms with E-state index in [1.54, 1.807) is 16.7 Å². The molecule has 0 fully saturated rings. The van der Waals surface area contributed by atoms with Crippen molar-refractivity contribution in [3.63, 3.8) is 0 Å². The molecular formula is C9H20N2O2S. The molecule has 0 saturated carbocycles. The lowest BCUT2D eigenvalue weighted by Crippen LogP contribution is -2.27. The standard InChI is InChI=1S/C9H20N2O2S/c1-8(2)10-4-5-14-7-11(3)6-9(12)13/h8,10H,4-7H2,1-3H3,(H,12,13). The van der Waals surface area contributed by atoms with Gasteiger partial charge in [-0.05, 0) is 7.05 Å². The molecule has 0 spiro atoms. The van der Waals surface area contributed by atoms with Gasteiger partial charge in [-0.3, -0.25) is 9.69 Å². The molecule has 0 aliphatic heterocycles. The fraction of sp³-hybridized carbons (Fsp3) is 0.889. The maximum Gasteiger partial charge on any atom is 0.317 e. The second kappa shape index (κ2) is 8.08. The van der Waals surface area contributed by atoms with Crippen molar-refractivity contribution >= 4 is 17.7 Å². The van der Waals surface area contributed by atoms with Gasteiger partial charge in [0.15, 0.2) is 0 Å². The van der Waals surface area contributed by atoms with Crippen LogP contribution in [-0.4, -0.2) is 53.8 Å². The summed E-state index contributed by atoms with van der Waals surface area (Å²) in [5.41, 5.74) is 0. The van der Waals surface area contributed by atoms with Crippen molar-refractivity contribution in [1.82, 2.24) is 10.2 Å². The Labute approximate surface area is 90.0 Å². The van der Waals surface area contributed by atoms with Gasteiger partial charge < -0.3 is 10.4 Å². The molecule has 0 aliphatic carbocycles. The first-order chi connectivity index (χ1) is 6.52. The van der Waals surface area contributed by atoms with E-state index >= 15 is 0 Å². The van der Waals surface area contributed by atoms with Crippen LogP contribution in [0.3, 0.4) is 0 Å². The Morgan fingerprint density at radius 1 is 1.57 bits per heavy atom. The summed E-state index contributed by atoms with van der Waals surface area (Å²) < 4.78 is 0. The molecule has 0 bridgehead atoms. The summed E-state index contributed by atoms with van der Waals surface area (Å²) in [6.45, 7) is 5.32. The predicted molar refractivity (Wildman–Crippen MR) is 60.7 cm³/mol. The van der Waals surface area contributed by atoms with E-state index in [9.17, 15) is 4.79 Å². The highest BCUT2D eigenvalue weighted by atomic mass is 32.2. The number of hydrogen-bond donors (Lipinski definition) is 2. The average Bonchev–Trinajstić information content (AvgIpc) is 2.01. The molecule has 4 nitrogen and oxygen atoms in total. The van der Waals surface area contributed by atoms with E-state index in [1.165, 1.54) is 0 Å². The molecule has 5 heteroatoms. The minimum Gasteiger partial charge on any atom is -0.480 e. The summed E-state index contributed by atoms with van der Waals surface area (Å²) in [5.74, 6) is 1.02. The zero-order chi connectivity index (χ0) is 11.0. The second-order valence-corrected chi connectivity index (χ2v) is 4.63. The number of thioether (sulfide) groups is 1. The molecule has 0 aromatic heterocycles. The zero-order valence-corrected chi connectivity index (χ0v) is 9.93. The summed E-state index contributed by atoms with van der Waals surface area (Å²) in [6.07, 6.45) is 0. The van der Waals surface area contributed by atoms with Gasteiger partial charge in [0.05, 0.1) is 6.54 Å². The number of nitrogens with one attached hydrogen (secondary N) is 1. The van der Waals surface area contributed by atoms with Crippen LogP contribution in [0.1, 0.15) is 13.8 Å². The van der Waals surface area contributed by atoms with Crippen LogP contribution >= 0.6 is 11.8 Å². The fourth-order valence-corrected chi connectivity index (χ4v) is 1.71. The Hall–Kier alpha value is -0.260. The smallest absolute Gasteiger partial charge is 0.317 e. The van der Waals surface area contributed by atoms with E-state index in [-0.39, 0.29) is 6.54 Å². The second-order valence-electron chi connectivity index (χ2n) is 3.55. The summed E-state index contributed by atoms with van der Waals surface area (Å²) in [7, 11) is 1.82. The molecule has 0 atom stereocenters. The number of aliphatic carboxylic acids is 1. The van der Waals surface area contributed by atoms with Gasteiger partial charge in [0, 0.05) is 24.2 Å². The van der Waals surface area contributed by atoms with E-state index < -0.39 is 5.97 Å². The van der Waals surface area contributed by atoms with E-state index in [0.717, 1.165) is 18.2 Å². The zero-order valence-electron chi connectivity index (χ0n) is 9.12. The van der Waals surface area contributed by atoms with Gasteiger partial charge >= 0.3 is 5.97 Å². The van der Waals surface area contributed by atoms with E-state index in [4.69, 9.17) is 5.11 Å². The third kappa shape index (κ3) is 9.83. The number of carboxylic acids is 1. The number of nitrogens with zero attached hydrogens (tertiary/aromatic N) is 1. The van der Waals surface area contributed by atoms with E-state index in [0.29, 0.717) is 6.04 Å². The number of rotatable bonds is 8. The lowest BCUT2D eigenvalue weighted by Gasteiger charge is -2.13. The van der Waals surface area contributed by atoms with Crippen LogP contribution in [-0.2, 0) is 4.79 Å². The first-order valence-corrected chi connectivity index (χ1v) is 5.89. The molecule has 0 aliphatic rings. The highest BCUT2D eigenvalue weighted by molar-refractivity contribution is 7.99. The third-order valence-corrected chi connectivity index (χ3v) is 2.63. The van der Waals surface area contributed by atoms with Gasteiger partial charge in [-0.1, -0.05) is 13.8 Å². The van der Waals surface area contributed by atoms with Crippen molar-refractivity contribution in [2.24, 2.45) is 0 Å². The van der Waals surface area contributed by atoms with Crippen molar-refractivity contribution in [2.75, 3.05) is 31.8 Å². The summed E-state index contributed by atoms with van der Waals surface area (Å²) in [5, 5.41) is 11.8. The summed E-state index contributed by atoms with van der Waals surface area (Å²) in [6, 6.07) is 0.521. The van der Waals surface area contributed by atoms with E-state index in [1.807, 2.05) is 7.05 Å². The monoisotopic (exact) mass is 220 g/mol. The van der Waals surface area contributed by atoms with Crippen molar-refractivity contribution in [3.05, 3.63) is 0 Å². The molecule has 0 radical (unpaired) electrons. The Kier molecular flexibility index (Phi) is 7.93. The number of carboxylic acid groups (broad SMARTS) is 1. The van der Waals surface area contributed by atoms with Crippen LogP contribution < -0.4 is 5.32 Å². The SMILES string of the molecule is CC(C)NCCSCN(C)CC(=O)O. The van der Waals surface area contributed by atoms with E-state index in [2.05, 4.69) is 19.2 Å². The maximum atomic E-state index is 10.3. The normalized spacial score (nSPS) is 11.2. The fourth-order valence-electron chi connectivity index (χ4n) is 0.917. The number of hydrogen-bond acceptors (Lipinski definition) is 4. The Morgan fingerprint density at radius 3 is 2.71 bits per heavy atom. The molecular weight excluding hydrogens is 200 g/mol. The molecule has 2 N–H and O–H groups in total. The lowest BCUT2D eigenvalue weighted by molar-refractivity contribution is -0.137. The van der Waals surface area contributed by atoms with Crippen molar-refractivity contribution in [3.8, 4) is 0 Å². The van der Waals surface area contributed by atoms with Crippen LogP contribution in [0.15, 0.2) is 0 Å². The van der Waals surface area contributed by atoms with Gasteiger partial charge in [0.1, 0.15) is 0 Å². The van der Waals surface area contributed by atoms with Crippen LogP contribution in [0.2, 0.25) is 0 Å². The van der Waals surface area contributed by atoms with Crippen LogP contribution in [0.5, 0.6) is 0 Å².